The van der Waals surface area contributed by atoms with Gasteiger partial charge in [-0.05, 0) is 45.6 Å². The lowest BCUT2D eigenvalue weighted by Crippen LogP contribution is -2.36. The lowest BCUT2D eigenvalue weighted by molar-refractivity contribution is 0.179. The Kier molecular flexibility index (Phi) is 3.16. The third-order valence-electron chi connectivity index (χ3n) is 3.38. The van der Waals surface area contributed by atoms with E-state index >= 15 is 0 Å². The molecule has 1 aliphatic rings. The van der Waals surface area contributed by atoms with Gasteiger partial charge in [-0.1, -0.05) is 13.8 Å². The Morgan fingerprint density at radius 3 is 2.00 bits per heavy atom. The maximum atomic E-state index is 2.63. The highest BCUT2D eigenvalue weighted by atomic mass is 15.2. The number of hydrogen-bond acceptors (Lipinski definition) is 1. The van der Waals surface area contributed by atoms with E-state index in [0.29, 0.717) is 0 Å². The summed E-state index contributed by atoms with van der Waals surface area (Å²) in [5.74, 6) is 1.77. The minimum Gasteiger partial charge on any atom is -0.298 e. The Hall–Kier alpha value is -0.0400. The van der Waals surface area contributed by atoms with E-state index < -0.39 is 0 Å². The van der Waals surface area contributed by atoms with E-state index in [1.165, 1.54) is 13.0 Å². The fourth-order valence-corrected chi connectivity index (χ4v) is 2.61. The first kappa shape index (κ1) is 10.0. The van der Waals surface area contributed by atoms with E-state index in [4.69, 9.17) is 0 Å². The first-order valence-electron chi connectivity index (χ1n) is 5.29. The van der Waals surface area contributed by atoms with Gasteiger partial charge in [0.25, 0.3) is 0 Å². The molecule has 12 heavy (non-hydrogen) atoms. The van der Waals surface area contributed by atoms with Crippen molar-refractivity contribution in [3.63, 3.8) is 0 Å². The lowest BCUT2D eigenvalue weighted by atomic mass is 9.89. The van der Waals surface area contributed by atoms with Gasteiger partial charge in [-0.3, -0.25) is 4.90 Å². The fraction of sp³-hybridized carbons (Fsp3) is 1.00. The SMILES string of the molecule is CC(C)[C@@H]1CCN(C(C)C)[C@H]1C. The van der Waals surface area contributed by atoms with Crippen LogP contribution >= 0.6 is 0 Å². The average Bonchev–Trinajstić information content (AvgIpc) is 2.30. The molecule has 72 valence electrons. The van der Waals surface area contributed by atoms with E-state index in [1.807, 2.05) is 0 Å². The summed E-state index contributed by atoms with van der Waals surface area (Å²) in [7, 11) is 0. The molecule has 1 nitrogen and oxygen atoms in total. The molecule has 1 rings (SSSR count). The van der Waals surface area contributed by atoms with Gasteiger partial charge in [-0.15, -0.1) is 0 Å². The molecule has 0 bridgehead atoms. The van der Waals surface area contributed by atoms with Gasteiger partial charge in [-0.2, -0.15) is 0 Å². The van der Waals surface area contributed by atoms with E-state index in [9.17, 15) is 0 Å². The maximum absolute atomic E-state index is 2.63. The van der Waals surface area contributed by atoms with Gasteiger partial charge in [0.1, 0.15) is 0 Å². The molecule has 0 aliphatic carbocycles. The minimum atomic E-state index is 0.726. The zero-order valence-corrected chi connectivity index (χ0v) is 9.17. The predicted molar refractivity (Wildman–Crippen MR) is 54.2 cm³/mol. The molecule has 0 aromatic heterocycles. The van der Waals surface area contributed by atoms with Crippen LogP contribution in [0.5, 0.6) is 0 Å². The van der Waals surface area contributed by atoms with Crippen molar-refractivity contribution < 1.29 is 0 Å². The summed E-state index contributed by atoms with van der Waals surface area (Å²) in [6.45, 7) is 13.0. The van der Waals surface area contributed by atoms with E-state index in [2.05, 4.69) is 39.5 Å². The first-order valence-corrected chi connectivity index (χ1v) is 5.29. The van der Waals surface area contributed by atoms with Gasteiger partial charge >= 0.3 is 0 Å². The zero-order valence-electron chi connectivity index (χ0n) is 9.17. The smallest absolute Gasteiger partial charge is 0.0101 e. The average molecular weight is 169 g/mol. The van der Waals surface area contributed by atoms with Gasteiger partial charge in [0.2, 0.25) is 0 Å². The number of nitrogens with zero attached hydrogens (tertiary/aromatic N) is 1. The molecule has 1 saturated heterocycles. The van der Waals surface area contributed by atoms with Crippen LogP contribution in [0.25, 0.3) is 0 Å². The molecule has 0 radical (unpaired) electrons. The van der Waals surface area contributed by atoms with Gasteiger partial charge in [0, 0.05) is 12.1 Å². The third kappa shape index (κ3) is 1.82. The second-order valence-electron chi connectivity index (χ2n) is 4.77. The molecule has 2 atom stereocenters. The molecule has 1 fully saturated rings. The molecule has 0 aromatic rings. The van der Waals surface area contributed by atoms with Crippen LogP contribution in [0.2, 0.25) is 0 Å². The van der Waals surface area contributed by atoms with Crippen LogP contribution in [0, 0.1) is 11.8 Å². The van der Waals surface area contributed by atoms with Gasteiger partial charge in [0.05, 0.1) is 0 Å². The highest BCUT2D eigenvalue weighted by molar-refractivity contribution is 4.86. The summed E-state index contributed by atoms with van der Waals surface area (Å²) < 4.78 is 0. The highest BCUT2D eigenvalue weighted by Gasteiger charge is 2.33. The van der Waals surface area contributed by atoms with Gasteiger partial charge < -0.3 is 0 Å². The van der Waals surface area contributed by atoms with Crippen molar-refractivity contribution >= 4 is 0 Å². The van der Waals surface area contributed by atoms with Crippen LogP contribution in [0.15, 0.2) is 0 Å². The van der Waals surface area contributed by atoms with Gasteiger partial charge in [-0.25, -0.2) is 0 Å². The van der Waals surface area contributed by atoms with Crippen LogP contribution in [-0.4, -0.2) is 23.5 Å². The normalized spacial score (nSPS) is 32.2. The molecule has 0 amide bonds. The predicted octanol–water partition coefficient (Wildman–Crippen LogP) is 2.76. The number of likely N-dealkylation sites (tertiary alicyclic amines) is 1. The zero-order chi connectivity index (χ0) is 9.30. The summed E-state index contributed by atoms with van der Waals surface area (Å²) in [5.41, 5.74) is 0. The lowest BCUT2D eigenvalue weighted by Gasteiger charge is -2.29. The molecule has 0 unspecified atom stereocenters. The van der Waals surface area contributed by atoms with Crippen LogP contribution in [0.4, 0.5) is 0 Å². The van der Waals surface area contributed by atoms with Crippen molar-refractivity contribution in [2.75, 3.05) is 6.54 Å². The molecule has 0 aromatic carbocycles. The first-order chi connectivity index (χ1) is 5.54. The Morgan fingerprint density at radius 2 is 1.75 bits per heavy atom. The second-order valence-corrected chi connectivity index (χ2v) is 4.77. The standard InChI is InChI=1S/C11H23N/c1-8(2)11-6-7-12(9(3)4)10(11)5/h8-11H,6-7H2,1-5H3/t10-,11-/m0/s1. The molecule has 1 aliphatic heterocycles. The maximum Gasteiger partial charge on any atom is 0.0101 e. The molecule has 0 spiro atoms. The molecule has 1 heteroatoms. The second kappa shape index (κ2) is 3.78. The topological polar surface area (TPSA) is 3.24 Å². The molecular formula is C11H23N. The van der Waals surface area contributed by atoms with Crippen molar-refractivity contribution in [3.05, 3.63) is 0 Å². The van der Waals surface area contributed by atoms with Crippen LogP contribution in [0.3, 0.4) is 0 Å². The Labute approximate surface area is 77.1 Å². The fourth-order valence-electron chi connectivity index (χ4n) is 2.61. The van der Waals surface area contributed by atoms with Crippen LogP contribution in [-0.2, 0) is 0 Å². The van der Waals surface area contributed by atoms with E-state index in [0.717, 1.165) is 23.9 Å². The van der Waals surface area contributed by atoms with Crippen molar-refractivity contribution in [1.82, 2.24) is 4.90 Å². The van der Waals surface area contributed by atoms with E-state index in [-0.39, 0.29) is 0 Å². The molecular weight excluding hydrogens is 146 g/mol. The molecule has 0 saturated carbocycles. The highest BCUT2D eigenvalue weighted by Crippen LogP contribution is 2.31. The summed E-state index contributed by atoms with van der Waals surface area (Å²) in [5, 5.41) is 0. The Morgan fingerprint density at radius 1 is 1.17 bits per heavy atom. The Balaban J connectivity index is 2.55. The van der Waals surface area contributed by atoms with Crippen molar-refractivity contribution in [1.29, 1.82) is 0 Å². The quantitative estimate of drug-likeness (QED) is 0.614. The van der Waals surface area contributed by atoms with Crippen molar-refractivity contribution in [2.24, 2.45) is 11.8 Å². The Bertz CT molecular complexity index is 124. The summed E-state index contributed by atoms with van der Waals surface area (Å²) >= 11 is 0. The van der Waals surface area contributed by atoms with Crippen LogP contribution in [0.1, 0.15) is 41.0 Å². The monoisotopic (exact) mass is 169 g/mol. The number of rotatable bonds is 2. The summed E-state index contributed by atoms with van der Waals surface area (Å²) in [6.07, 6.45) is 1.40. The largest absolute Gasteiger partial charge is 0.298 e. The number of hydrogen-bond donors (Lipinski definition) is 0. The molecule has 1 heterocycles. The third-order valence-corrected chi connectivity index (χ3v) is 3.38. The van der Waals surface area contributed by atoms with Crippen molar-refractivity contribution in [2.45, 2.75) is 53.1 Å². The van der Waals surface area contributed by atoms with Gasteiger partial charge in [0.15, 0.2) is 0 Å². The van der Waals surface area contributed by atoms with Crippen molar-refractivity contribution in [3.8, 4) is 0 Å². The summed E-state index contributed by atoms with van der Waals surface area (Å²) in [4.78, 5) is 2.63. The van der Waals surface area contributed by atoms with E-state index in [1.54, 1.807) is 0 Å². The minimum absolute atomic E-state index is 0.726. The molecule has 0 N–H and O–H groups in total. The summed E-state index contributed by atoms with van der Waals surface area (Å²) in [6, 6.07) is 1.52. The van der Waals surface area contributed by atoms with Crippen LogP contribution < -0.4 is 0 Å².